The van der Waals surface area contributed by atoms with Crippen LogP contribution in [0.15, 0.2) is 24.3 Å². The average molecular weight is 397 g/mol. The number of fused-ring (bicyclic) bond motifs is 2. The molecular formula is C17H22Cl2N6O. The molecule has 7 nitrogen and oxygen atoms in total. The van der Waals surface area contributed by atoms with Gasteiger partial charge in [-0.05, 0) is 55.2 Å². The molecule has 1 amide bonds. The number of carbonyl (C=O) groups is 1. The fourth-order valence-corrected chi connectivity index (χ4v) is 3.93. The van der Waals surface area contributed by atoms with E-state index in [1.54, 1.807) is 12.1 Å². The van der Waals surface area contributed by atoms with Crippen LogP contribution < -0.4 is 5.32 Å². The van der Waals surface area contributed by atoms with E-state index >= 15 is 0 Å². The smallest absolute Gasteiger partial charge is 0.246 e. The minimum absolute atomic E-state index is 0. The first kappa shape index (κ1) is 19.1. The quantitative estimate of drug-likeness (QED) is 0.856. The number of rotatable bonds is 4. The second-order valence-corrected chi connectivity index (χ2v) is 7.35. The van der Waals surface area contributed by atoms with Crippen LogP contribution in [0.25, 0.3) is 11.4 Å². The van der Waals surface area contributed by atoms with Gasteiger partial charge in [0.05, 0.1) is 0 Å². The van der Waals surface area contributed by atoms with Crippen molar-refractivity contribution in [3.8, 4) is 11.4 Å². The number of amides is 1. The lowest BCUT2D eigenvalue weighted by atomic mass is 9.98. The number of likely N-dealkylation sites (N-methyl/N-ethyl adjacent to an activating group) is 1. The number of carbonyl (C=O) groups excluding carboxylic acids is 1. The first-order valence-electron chi connectivity index (χ1n) is 8.64. The normalized spacial score (nSPS) is 24.2. The second-order valence-electron chi connectivity index (χ2n) is 6.92. The molecule has 2 atom stereocenters. The molecule has 0 radical (unpaired) electrons. The number of aromatic nitrogens is 4. The molecule has 2 fully saturated rings. The number of piperidine rings is 1. The Morgan fingerprint density at radius 2 is 1.92 bits per heavy atom. The van der Waals surface area contributed by atoms with Gasteiger partial charge in [0, 0.05) is 35.8 Å². The second kappa shape index (κ2) is 7.90. The lowest BCUT2D eigenvalue weighted by Gasteiger charge is -2.35. The van der Waals surface area contributed by atoms with Crippen LogP contribution in [0.3, 0.4) is 0 Å². The highest BCUT2D eigenvalue weighted by Crippen LogP contribution is 2.29. The molecule has 2 bridgehead atoms. The molecule has 4 rings (SSSR count). The van der Waals surface area contributed by atoms with Crippen LogP contribution >= 0.6 is 24.0 Å². The Labute approximate surface area is 163 Å². The Morgan fingerprint density at radius 3 is 2.58 bits per heavy atom. The maximum atomic E-state index is 12.6. The van der Waals surface area contributed by atoms with Gasteiger partial charge < -0.3 is 10.2 Å². The van der Waals surface area contributed by atoms with Crippen molar-refractivity contribution in [3.05, 3.63) is 29.3 Å². The van der Waals surface area contributed by atoms with Crippen LogP contribution in [0.4, 0.5) is 0 Å². The summed E-state index contributed by atoms with van der Waals surface area (Å²) in [7, 11) is 1.88. The summed E-state index contributed by atoms with van der Waals surface area (Å²) in [6.45, 7) is 0.107. The predicted molar refractivity (Wildman–Crippen MR) is 101 cm³/mol. The third-order valence-corrected chi connectivity index (χ3v) is 5.47. The summed E-state index contributed by atoms with van der Waals surface area (Å²) in [5, 5.41) is 16.6. The van der Waals surface area contributed by atoms with Gasteiger partial charge in [-0.1, -0.05) is 11.6 Å². The van der Waals surface area contributed by atoms with E-state index in [0.717, 1.165) is 18.4 Å². The average Bonchev–Trinajstić information content (AvgIpc) is 3.21. The highest BCUT2D eigenvalue weighted by molar-refractivity contribution is 6.30. The van der Waals surface area contributed by atoms with Gasteiger partial charge in [0.1, 0.15) is 6.54 Å². The SMILES string of the molecule is CN(C(=O)Cn1nnc(-c2ccc(Cl)cc2)n1)C1CC2CCC(C1)N2.Cl. The van der Waals surface area contributed by atoms with E-state index < -0.39 is 0 Å². The van der Waals surface area contributed by atoms with Gasteiger partial charge in [0.25, 0.3) is 0 Å². The molecule has 2 aliphatic rings. The number of nitrogens with zero attached hydrogens (tertiary/aromatic N) is 5. The molecule has 1 aromatic heterocycles. The lowest BCUT2D eigenvalue weighted by Crippen LogP contribution is -2.49. The van der Waals surface area contributed by atoms with Crippen LogP contribution in [0, 0.1) is 0 Å². The highest BCUT2D eigenvalue weighted by atomic mass is 35.5. The molecule has 3 heterocycles. The van der Waals surface area contributed by atoms with Gasteiger partial charge >= 0.3 is 0 Å². The number of hydrogen-bond donors (Lipinski definition) is 1. The van der Waals surface area contributed by atoms with Gasteiger partial charge in [0.15, 0.2) is 0 Å². The summed E-state index contributed by atoms with van der Waals surface area (Å²) in [5.74, 6) is 0.512. The standard InChI is InChI=1S/C17H21ClN6O.ClH/c1-23(15-8-13-6-7-14(9-15)19-13)16(25)10-24-21-17(20-22-24)11-2-4-12(18)5-3-11;/h2-5,13-15,19H,6-10H2,1H3;1H. The van der Waals surface area contributed by atoms with Crippen molar-refractivity contribution in [2.24, 2.45) is 0 Å². The first-order chi connectivity index (χ1) is 12.1. The number of tetrazole rings is 1. The monoisotopic (exact) mass is 396 g/mol. The van der Waals surface area contributed by atoms with E-state index in [9.17, 15) is 4.79 Å². The Balaban J connectivity index is 0.00000196. The third-order valence-electron chi connectivity index (χ3n) is 5.22. The third kappa shape index (κ3) is 4.00. The van der Waals surface area contributed by atoms with E-state index in [2.05, 4.69) is 20.7 Å². The van der Waals surface area contributed by atoms with Gasteiger partial charge in [-0.15, -0.1) is 22.6 Å². The Morgan fingerprint density at radius 1 is 1.27 bits per heavy atom. The molecular weight excluding hydrogens is 375 g/mol. The van der Waals surface area contributed by atoms with E-state index in [-0.39, 0.29) is 24.9 Å². The maximum absolute atomic E-state index is 12.6. The molecule has 2 saturated heterocycles. The van der Waals surface area contributed by atoms with Crippen molar-refractivity contribution in [1.82, 2.24) is 30.4 Å². The topological polar surface area (TPSA) is 75.9 Å². The number of halogens is 2. The number of benzene rings is 1. The van der Waals surface area contributed by atoms with Crippen LogP contribution in [-0.2, 0) is 11.3 Å². The molecule has 0 spiro atoms. The molecule has 9 heteroatoms. The summed E-state index contributed by atoms with van der Waals surface area (Å²) in [6.07, 6.45) is 4.50. The van der Waals surface area contributed by atoms with Crippen LogP contribution in [0.1, 0.15) is 25.7 Å². The molecule has 2 aliphatic heterocycles. The predicted octanol–water partition coefficient (Wildman–Crippen LogP) is 2.16. The first-order valence-corrected chi connectivity index (χ1v) is 9.02. The van der Waals surface area contributed by atoms with Crippen molar-refractivity contribution in [2.45, 2.75) is 50.4 Å². The highest BCUT2D eigenvalue weighted by Gasteiger charge is 2.36. The number of hydrogen-bond acceptors (Lipinski definition) is 5. The van der Waals surface area contributed by atoms with E-state index in [1.165, 1.54) is 17.6 Å². The molecule has 26 heavy (non-hydrogen) atoms. The van der Waals surface area contributed by atoms with Crippen molar-refractivity contribution in [1.29, 1.82) is 0 Å². The minimum atomic E-state index is 0. The largest absolute Gasteiger partial charge is 0.341 e. The lowest BCUT2D eigenvalue weighted by molar-refractivity contribution is -0.133. The van der Waals surface area contributed by atoms with E-state index in [0.29, 0.717) is 29.0 Å². The van der Waals surface area contributed by atoms with Crippen molar-refractivity contribution in [3.63, 3.8) is 0 Å². The van der Waals surface area contributed by atoms with Crippen LogP contribution in [0.5, 0.6) is 0 Å². The zero-order valence-corrected chi connectivity index (χ0v) is 16.1. The van der Waals surface area contributed by atoms with Gasteiger partial charge in [-0.25, -0.2) is 0 Å². The fourth-order valence-electron chi connectivity index (χ4n) is 3.80. The summed E-state index contributed by atoms with van der Waals surface area (Å²) >= 11 is 5.89. The van der Waals surface area contributed by atoms with Gasteiger partial charge in [0.2, 0.25) is 11.7 Å². The van der Waals surface area contributed by atoms with Crippen LogP contribution in [0.2, 0.25) is 5.02 Å². The zero-order chi connectivity index (χ0) is 17.4. The molecule has 140 valence electrons. The summed E-state index contributed by atoms with van der Waals surface area (Å²) in [4.78, 5) is 15.8. The van der Waals surface area contributed by atoms with Crippen molar-refractivity contribution < 1.29 is 4.79 Å². The van der Waals surface area contributed by atoms with E-state index in [1.807, 2.05) is 24.1 Å². The number of nitrogens with one attached hydrogen (secondary N) is 1. The Kier molecular flexibility index (Phi) is 5.79. The molecule has 1 N–H and O–H groups in total. The van der Waals surface area contributed by atoms with Crippen LogP contribution in [-0.4, -0.2) is 56.2 Å². The van der Waals surface area contributed by atoms with Gasteiger partial charge in [-0.2, -0.15) is 4.80 Å². The van der Waals surface area contributed by atoms with Crippen molar-refractivity contribution >= 4 is 29.9 Å². The molecule has 2 aromatic rings. The van der Waals surface area contributed by atoms with E-state index in [4.69, 9.17) is 11.6 Å². The maximum Gasteiger partial charge on any atom is 0.246 e. The molecule has 0 saturated carbocycles. The fraction of sp³-hybridized carbons (Fsp3) is 0.529. The summed E-state index contributed by atoms with van der Waals surface area (Å²) in [5.41, 5.74) is 0.825. The molecule has 1 aromatic carbocycles. The van der Waals surface area contributed by atoms with Crippen molar-refractivity contribution in [2.75, 3.05) is 7.05 Å². The summed E-state index contributed by atoms with van der Waals surface area (Å²) < 4.78 is 0. The van der Waals surface area contributed by atoms with Gasteiger partial charge in [-0.3, -0.25) is 4.79 Å². The summed E-state index contributed by atoms with van der Waals surface area (Å²) in [6, 6.07) is 8.64. The molecule has 2 unspecified atom stereocenters. The zero-order valence-electron chi connectivity index (χ0n) is 14.5. The Bertz CT molecular complexity index is 753. The molecule has 0 aliphatic carbocycles. The minimum Gasteiger partial charge on any atom is -0.341 e. The Hall–Kier alpha value is -1.70.